The van der Waals surface area contributed by atoms with Gasteiger partial charge in [-0.2, -0.15) is 0 Å². The Hall–Kier alpha value is -8.32. The van der Waals surface area contributed by atoms with Crippen molar-refractivity contribution in [2.45, 2.75) is 0 Å². The molecule has 0 unspecified atom stereocenters. The zero-order valence-corrected chi connectivity index (χ0v) is 29.6. The third kappa shape index (κ3) is 6.01. The highest BCUT2D eigenvalue weighted by Crippen LogP contribution is 2.42. The highest BCUT2D eigenvalue weighted by atomic mass is 16.6. The van der Waals surface area contributed by atoms with Crippen molar-refractivity contribution in [2.75, 3.05) is 0 Å². The molecule has 0 atom stereocenters. The molecule has 57 heavy (non-hydrogen) atoms. The molecule has 0 fully saturated rings. The second-order valence-electron chi connectivity index (χ2n) is 13.2. The van der Waals surface area contributed by atoms with Crippen LogP contribution in [-0.4, -0.2) is 34.7 Å². The molecular weight excluding hydrogens is 723 g/mol. The number of nitrogens with one attached hydrogen (secondary N) is 2. The quantitative estimate of drug-likeness (QED) is 0.119. The van der Waals surface area contributed by atoms with E-state index in [2.05, 4.69) is 9.97 Å². The van der Waals surface area contributed by atoms with Crippen molar-refractivity contribution in [2.24, 2.45) is 0 Å². The zero-order chi connectivity index (χ0) is 39.2. The number of rotatable bonds is 7. The van der Waals surface area contributed by atoms with Crippen LogP contribution in [0.1, 0.15) is 22.8 Å². The number of para-hydroxylation sites is 3. The van der Waals surface area contributed by atoms with E-state index < -0.39 is 14.8 Å². The van der Waals surface area contributed by atoms with Crippen LogP contribution < -0.4 is 0 Å². The van der Waals surface area contributed by atoms with Crippen LogP contribution in [0, 0.1) is 30.3 Å². The number of benzene rings is 4. The Bertz CT molecular complexity index is 3020. The van der Waals surface area contributed by atoms with Gasteiger partial charge in [-0.25, -0.2) is 9.97 Å². The Balaban J connectivity index is 1.52. The third-order valence-electron chi connectivity index (χ3n) is 9.93. The summed E-state index contributed by atoms with van der Waals surface area (Å²) in [7, 11) is 0. The van der Waals surface area contributed by atoms with E-state index in [4.69, 9.17) is 9.97 Å². The van der Waals surface area contributed by atoms with Gasteiger partial charge in [0.25, 0.3) is 17.1 Å². The van der Waals surface area contributed by atoms with Crippen LogP contribution in [0.3, 0.4) is 0 Å². The highest BCUT2D eigenvalue weighted by Gasteiger charge is 2.26. The fraction of sp³-hybridized carbons (Fsp3) is 0. The van der Waals surface area contributed by atoms with Crippen molar-refractivity contribution in [3.8, 4) is 44.5 Å². The third-order valence-corrected chi connectivity index (χ3v) is 9.93. The number of aromatic amines is 2. The van der Waals surface area contributed by atoms with Gasteiger partial charge in [0.2, 0.25) is 0 Å². The first-order valence-corrected chi connectivity index (χ1v) is 17.7. The van der Waals surface area contributed by atoms with E-state index in [1.807, 2.05) is 48.5 Å². The number of nitro groups is 3. The summed E-state index contributed by atoms with van der Waals surface area (Å²) >= 11 is 0. The summed E-state index contributed by atoms with van der Waals surface area (Å²) in [6.07, 6.45) is 7.10. The fourth-order valence-electron chi connectivity index (χ4n) is 7.50. The number of hydrogen-bond donors (Lipinski definition) is 2. The first-order valence-electron chi connectivity index (χ1n) is 17.7. The SMILES string of the molecule is O=[N+]([O-])c1ccccc1-c1c2nc(c(-c3ccccc3[N+](=O)[O-])c3ccc([nH]3)c(-c3ccccc3[N+](=O)[O-])c3nc(c(-c4ccccc4)c4ccc1[nH]4)C=C3)C=C2. The van der Waals surface area contributed by atoms with E-state index in [0.29, 0.717) is 72.7 Å². The molecule has 4 aromatic carbocycles. The lowest BCUT2D eigenvalue weighted by Gasteiger charge is -2.07. The Morgan fingerprint density at radius 2 is 0.667 bits per heavy atom. The summed E-state index contributed by atoms with van der Waals surface area (Å²) in [5.74, 6) is 0. The maximum atomic E-state index is 12.5. The normalized spacial score (nSPS) is 11.8. The largest absolute Gasteiger partial charge is 0.354 e. The molecule has 0 aliphatic carbocycles. The van der Waals surface area contributed by atoms with Crippen LogP contribution in [0.5, 0.6) is 0 Å². The summed E-state index contributed by atoms with van der Waals surface area (Å²) in [6.45, 7) is 0. The molecule has 13 heteroatoms. The number of nitrogens with zero attached hydrogens (tertiary/aromatic N) is 5. The van der Waals surface area contributed by atoms with Crippen LogP contribution in [0.4, 0.5) is 17.1 Å². The fourth-order valence-corrected chi connectivity index (χ4v) is 7.50. The second-order valence-corrected chi connectivity index (χ2v) is 13.2. The first kappa shape index (κ1) is 34.4. The molecule has 274 valence electrons. The van der Waals surface area contributed by atoms with E-state index in [-0.39, 0.29) is 22.6 Å². The molecule has 9 rings (SSSR count). The standard InChI is InChI=1S/C44H27N7O6/c52-49(53)38-15-7-4-12-27(38)42-32-20-18-30(45-32)41(26-10-2-1-3-11-26)31-19-21-33(46-31)43(28-13-5-8-16-39(28)50(54)55)35-23-25-37(48-35)44(36-24-22-34(42)47-36)29-14-6-9-17-40(29)51(56)57/h1-25,45,48H. The number of hydrogen-bond acceptors (Lipinski definition) is 8. The number of fused-ring (bicyclic) bond motifs is 8. The molecule has 0 amide bonds. The van der Waals surface area contributed by atoms with Gasteiger partial charge in [0, 0.05) is 62.5 Å². The lowest BCUT2D eigenvalue weighted by molar-refractivity contribution is -0.384. The molecule has 2 aliphatic rings. The van der Waals surface area contributed by atoms with Gasteiger partial charge in [-0.15, -0.1) is 0 Å². The lowest BCUT2D eigenvalue weighted by Crippen LogP contribution is -1.95. The minimum Gasteiger partial charge on any atom is -0.354 e. The topological polar surface area (TPSA) is 187 Å². The van der Waals surface area contributed by atoms with Crippen molar-refractivity contribution in [3.63, 3.8) is 0 Å². The molecule has 0 saturated carbocycles. The second kappa shape index (κ2) is 13.8. The molecule has 8 bridgehead atoms. The minimum absolute atomic E-state index is 0.132. The Morgan fingerprint density at radius 1 is 0.368 bits per heavy atom. The van der Waals surface area contributed by atoms with E-state index in [0.717, 1.165) is 11.1 Å². The number of H-pyrrole nitrogens is 2. The van der Waals surface area contributed by atoms with Crippen LogP contribution >= 0.6 is 0 Å². The summed E-state index contributed by atoms with van der Waals surface area (Å²) in [5.41, 5.74) is 7.07. The first-order chi connectivity index (χ1) is 27.8. The summed E-state index contributed by atoms with van der Waals surface area (Å²) in [6, 6.07) is 35.9. The van der Waals surface area contributed by atoms with Crippen molar-refractivity contribution >= 4 is 63.4 Å². The van der Waals surface area contributed by atoms with Crippen LogP contribution in [-0.2, 0) is 0 Å². The molecule has 5 heterocycles. The van der Waals surface area contributed by atoms with Crippen LogP contribution in [0.2, 0.25) is 0 Å². The maximum absolute atomic E-state index is 12.5. The van der Waals surface area contributed by atoms with Gasteiger partial charge in [0.05, 0.1) is 54.2 Å². The van der Waals surface area contributed by atoms with Gasteiger partial charge in [-0.05, 0) is 72.3 Å². The molecule has 0 spiro atoms. The van der Waals surface area contributed by atoms with Crippen molar-refractivity contribution in [3.05, 3.63) is 181 Å². The van der Waals surface area contributed by atoms with Crippen molar-refractivity contribution in [1.29, 1.82) is 0 Å². The average Bonchev–Trinajstić information content (AvgIpc) is 4.07. The minimum atomic E-state index is -0.471. The number of aromatic nitrogens is 4. The Labute approximate surface area is 322 Å². The molecular formula is C44H27N7O6. The molecule has 0 saturated heterocycles. The monoisotopic (exact) mass is 749 g/mol. The predicted molar refractivity (Wildman–Crippen MR) is 221 cm³/mol. The van der Waals surface area contributed by atoms with E-state index in [1.165, 1.54) is 18.2 Å². The van der Waals surface area contributed by atoms with Gasteiger partial charge in [0.1, 0.15) is 0 Å². The van der Waals surface area contributed by atoms with Crippen LogP contribution in [0.25, 0.3) is 90.9 Å². The molecule has 3 aromatic heterocycles. The van der Waals surface area contributed by atoms with Crippen LogP contribution in [0.15, 0.2) is 127 Å². The zero-order valence-electron chi connectivity index (χ0n) is 29.6. The molecule has 2 aliphatic heterocycles. The predicted octanol–water partition coefficient (Wildman–Crippen LogP) is 11.0. The summed E-state index contributed by atoms with van der Waals surface area (Å²) < 4.78 is 0. The van der Waals surface area contributed by atoms with Gasteiger partial charge in [-0.3, -0.25) is 30.3 Å². The smallest absolute Gasteiger partial charge is 0.277 e. The van der Waals surface area contributed by atoms with E-state index in [9.17, 15) is 30.3 Å². The average molecular weight is 750 g/mol. The molecule has 7 aromatic rings. The summed E-state index contributed by atoms with van der Waals surface area (Å²) in [4.78, 5) is 53.2. The van der Waals surface area contributed by atoms with Gasteiger partial charge in [-0.1, -0.05) is 66.7 Å². The van der Waals surface area contributed by atoms with E-state index in [1.54, 1.807) is 85.0 Å². The molecule has 2 N–H and O–H groups in total. The number of nitro benzene ring substituents is 3. The maximum Gasteiger partial charge on any atom is 0.277 e. The van der Waals surface area contributed by atoms with Crippen molar-refractivity contribution < 1.29 is 14.8 Å². The van der Waals surface area contributed by atoms with E-state index >= 15 is 0 Å². The van der Waals surface area contributed by atoms with Crippen molar-refractivity contribution in [1.82, 2.24) is 19.9 Å². The molecule has 0 radical (unpaired) electrons. The Kier molecular flexibility index (Phi) is 8.36. The highest BCUT2D eigenvalue weighted by molar-refractivity contribution is 6.01. The summed E-state index contributed by atoms with van der Waals surface area (Å²) in [5, 5.41) is 37.4. The molecule has 13 nitrogen and oxygen atoms in total. The Morgan fingerprint density at radius 3 is 1.02 bits per heavy atom. The van der Waals surface area contributed by atoms with Gasteiger partial charge < -0.3 is 9.97 Å². The lowest BCUT2D eigenvalue weighted by atomic mass is 10.0. The van der Waals surface area contributed by atoms with Gasteiger partial charge >= 0.3 is 0 Å². The van der Waals surface area contributed by atoms with Gasteiger partial charge in [0.15, 0.2) is 0 Å².